The Kier molecular flexibility index (Phi) is 8.26. The van der Waals surface area contributed by atoms with Crippen LogP contribution in [0.4, 0.5) is 0 Å². The number of carbonyl (C=O) groups excluding carboxylic acids is 5. The lowest BCUT2D eigenvalue weighted by atomic mass is 9.51. The van der Waals surface area contributed by atoms with Crippen molar-refractivity contribution in [3.8, 4) is 0 Å². The Morgan fingerprint density at radius 2 is 1.43 bits per heavy atom. The van der Waals surface area contributed by atoms with Crippen LogP contribution in [-0.4, -0.2) is 106 Å². The summed E-state index contributed by atoms with van der Waals surface area (Å²) < 4.78 is 34.2. The third kappa shape index (κ3) is 5.07. The molecule has 2 heterocycles. The summed E-state index contributed by atoms with van der Waals surface area (Å²) >= 11 is 0. The highest BCUT2D eigenvalue weighted by Crippen LogP contribution is 2.60. The van der Waals surface area contributed by atoms with Crippen LogP contribution in [0.25, 0.3) is 0 Å². The average Bonchev–Trinajstić information content (AvgIpc) is 3.61. The molecule has 3 N–H and O–H groups in total. The number of rotatable bonds is 5. The van der Waals surface area contributed by atoms with Crippen LogP contribution in [-0.2, 0) is 52.4 Å². The summed E-state index contributed by atoms with van der Waals surface area (Å²) in [5.74, 6) is -7.00. The van der Waals surface area contributed by atoms with Crippen molar-refractivity contribution in [1.82, 2.24) is 0 Å². The standard InChI is InChI=1S/C28H38O14/c1-11-25(34)41-19-8-16(10-29)20-21(42-20)23(39-14(4)32)26(6)17(37-12(2)30)9-18(38-13(3)31)27(7,35)22(26)24(28(11,19)36)40-15(5)33/h8,11,17-24,29,35-36H,9-10H2,1-7H3/b16-8-. The van der Waals surface area contributed by atoms with Crippen LogP contribution in [0.5, 0.6) is 0 Å². The minimum atomic E-state index is -2.39. The van der Waals surface area contributed by atoms with Gasteiger partial charge in [-0.15, -0.1) is 0 Å². The van der Waals surface area contributed by atoms with E-state index in [2.05, 4.69) is 0 Å². The van der Waals surface area contributed by atoms with Gasteiger partial charge in [0, 0.05) is 40.0 Å². The largest absolute Gasteiger partial charge is 0.462 e. The lowest BCUT2D eigenvalue weighted by Crippen LogP contribution is -2.75. The Morgan fingerprint density at radius 3 is 1.95 bits per heavy atom. The first-order chi connectivity index (χ1) is 19.4. The second kappa shape index (κ2) is 10.9. The number of ether oxygens (including phenoxy) is 6. The van der Waals surface area contributed by atoms with E-state index in [1.165, 1.54) is 26.8 Å². The maximum absolute atomic E-state index is 13.0. The maximum atomic E-state index is 13.0. The summed E-state index contributed by atoms with van der Waals surface area (Å²) in [7, 11) is 0. The molecular weight excluding hydrogens is 560 g/mol. The number of aliphatic hydroxyl groups is 3. The summed E-state index contributed by atoms with van der Waals surface area (Å²) in [6, 6.07) is 0. The molecule has 14 nitrogen and oxygen atoms in total. The molecule has 0 amide bonds. The molecule has 3 fully saturated rings. The molecule has 42 heavy (non-hydrogen) atoms. The van der Waals surface area contributed by atoms with E-state index in [-0.39, 0.29) is 12.0 Å². The Balaban J connectivity index is 2.11. The van der Waals surface area contributed by atoms with Gasteiger partial charge in [0.25, 0.3) is 0 Å². The molecule has 1 saturated carbocycles. The molecule has 14 heteroatoms. The van der Waals surface area contributed by atoms with E-state index in [1.807, 2.05) is 0 Å². The Bertz CT molecular complexity index is 1190. The Labute approximate surface area is 242 Å². The normalized spacial score (nSPS) is 45.4. The van der Waals surface area contributed by atoms with Crippen molar-refractivity contribution in [2.75, 3.05) is 6.61 Å². The van der Waals surface area contributed by atoms with Crippen molar-refractivity contribution in [2.24, 2.45) is 17.3 Å². The number of fused-ring (bicyclic) bond motifs is 3. The minimum absolute atomic E-state index is 0.190. The van der Waals surface area contributed by atoms with E-state index in [1.54, 1.807) is 0 Å². The lowest BCUT2D eigenvalue weighted by molar-refractivity contribution is -0.291. The molecule has 0 aromatic heterocycles. The van der Waals surface area contributed by atoms with Crippen molar-refractivity contribution in [2.45, 2.75) is 109 Å². The molecule has 2 saturated heterocycles. The van der Waals surface area contributed by atoms with Crippen LogP contribution in [0.15, 0.2) is 11.6 Å². The SMILES string of the molecule is CC(=O)OC1CC(OC(C)=O)C2(C)C(OC(C)=O)C3OC3/C(CO)=C\C3OC(=O)C(C)C3(O)C(OC(C)=O)C2C1(C)O. The first-order valence-corrected chi connectivity index (χ1v) is 13.7. The molecule has 0 bridgehead atoms. The number of esters is 5. The summed E-state index contributed by atoms with van der Waals surface area (Å²) in [4.78, 5) is 62.8. The van der Waals surface area contributed by atoms with Gasteiger partial charge in [0.2, 0.25) is 0 Å². The van der Waals surface area contributed by atoms with E-state index in [0.29, 0.717) is 0 Å². The number of aliphatic hydroxyl groups excluding tert-OH is 1. The van der Waals surface area contributed by atoms with Gasteiger partial charge in [-0.3, -0.25) is 24.0 Å². The van der Waals surface area contributed by atoms with Crippen LogP contribution in [0.2, 0.25) is 0 Å². The molecule has 0 aromatic carbocycles. The molecule has 2 aliphatic carbocycles. The molecule has 4 rings (SSSR count). The van der Waals surface area contributed by atoms with Crippen molar-refractivity contribution in [1.29, 1.82) is 0 Å². The van der Waals surface area contributed by atoms with Crippen molar-refractivity contribution < 1.29 is 67.7 Å². The highest BCUT2D eigenvalue weighted by Gasteiger charge is 2.75. The fourth-order valence-electron chi connectivity index (χ4n) is 7.21. The first-order valence-electron chi connectivity index (χ1n) is 13.7. The molecule has 0 radical (unpaired) electrons. The topological polar surface area (TPSA) is 205 Å². The van der Waals surface area contributed by atoms with Gasteiger partial charge >= 0.3 is 29.8 Å². The van der Waals surface area contributed by atoms with E-state index < -0.39 is 108 Å². The van der Waals surface area contributed by atoms with Crippen LogP contribution >= 0.6 is 0 Å². The van der Waals surface area contributed by atoms with Gasteiger partial charge < -0.3 is 43.7 Å². The monoisotopic (exact) mass is 598 g/mol. The molecule has 0 aromatic rings. The van der Waals surface area contributed by atoms with Gasteiger partial charge in [0.1, 0.15) is 42.2 Å². The average molecular weight is 599 g/mol. The van der Waals surface area contributed by atoms with Gasteiger partial charge in [-0.05, 0) is 25.5 Å². The van der Waals surface area contributed by atoms with Crippen molar-refractivity contribution in [3.05, 3.63) is 11.6 Å². The highest BCUT2D eigenvalue weighted by atomic mass is 16.6. The molecule has 2 aliphatic heterocycles. The molecule has 0 spiro atoms. The van der Waals surface area contributed by atoms with Gasteiger partial charge in [-0.25, -0.2) is 0 Å². The number of carbonyl (C=O) groups is 5. The van der Waals surface area contributed by atoms with Crippen molar-refractivity contribution in [3.63, 3.8) is 0 Å². The van der Waals surface area contributed by atoms with Crippen molar-refractivity contribution >= 4 is 29.8 Å². The molecular formula is C28H38O14. The van der Waals surface area contributed by atoms with Crippen LogP contribution in [0, 0.1) is 17.3 Å². The maximum Gasteiger partial charge on any atom is 0.312 e. The lowest BCUT2D eigenvalue weighted by Gasteiger charge is -2.60. The van der Waals surface area contributed by atoms with Gasteiger partial charge in [0.15, 0.2) is 11.7 Å². The van der Waals surface area contributed by atoms with E-state index in [0.717, 1.165) is 27.7 Å². The number of hydrogen-bond acceptors (Lipinski definition) is 14. The zero-order chi connectivity index (χ0) is 31.5. The van der Waals surface area contributed by atoms with E-state index in [9.17, 15) is 39.3 Å². The van der Waals surface area contributed by atoms with Crippen LogP contribution in [0.3, 0.4) is 0 Å². The molecule has 12 atom stereocenters. The zero-order valence-corrected chi connectivity index (χ0v) is 24.5. The van der Waals surface area contributed by atoms with Gasteiger partial charge in [-0.2, -0.15) is 0 Å². The molecule has 4 aliphatic rings. The Morgan fingerprint density at radius 1 is 0.905 bits per heavy atom. The molecule has 234 valence electrons. The van der Waals surface area contributed by atoms with E-state index >= 15 is 0 Å². The first kappa shape index (κ1) is 31.9. The fourth-order valence-corrected chi connectivity index (χ4v) is 7.21. The smallest absolute Gasteiger partial charge is 0.312 e. The van der Waals surface area contributed by atoms with Gasteiger partial charge in [-0.1, -0.05) is 6.92 Å². The quantitative estimate of drug-likeness (QED) is 0.158. The summed E-state index contributed by atoms with van der Waals surface area (Å²) in [5.41, 5.74) is -6.11. The predicted molar refractivity (Wildman–Crippen MR) is 137 cm³/mol. The predicted octanol–water partition coefficient (Wildman–Crippen LogP) is -0.517. The summed E-state index contributed by atoms with van der Waals surface area (Å²) in [6.45, 7) is 8.00. The third-order valence-corrected chi connectivity index (χ3v) is 9.13. The van der Waals surface area contributed by atoms with Crippen LogP contribution in [0.1, 0.15) is 54.9 Å². The third-order valence-electron chi connectivity index (χ3n) is 9.13. The molecule has 12 unspecified atom stereocenters. The van der Waals surface area contributed by atoms with Crippen LogP contribution < -0.4 is 0 Å². The number of epoxide rings is 1. The second-order valence-corrected chi connectivity index (χ2v) is 11.9. The minimum Gasteiger partial charge on any atom is -0.462 e. The van der Waals surface area contributed by atoms with E-state index in [4.69, 9.17) is 28.4 Å². The second-order valence-electron chi connectivity index (χ2n) is 11.9. The van der Waals surface area contributed by atoms with Gasteiger partial charge in [0.05, 0.1) is 17.9 Å². The highest BCUT2D eigenvalue weighted by molar-refractivity contribution is 5.78. The Hall–Kier alpha value is -3.07. The summed E-state index contributed by atoms with van der Waals surface area (Å²) in [5, 5.41) is 35.0. The zero-order valence-electron chi connectivity index (χ0n) is 24.5. The number of hydrogen-bond donors (Lipinski definition) is 3. The summed E-state index contributed by atoms with van der Waals surface area (Å²) in [6.07, 6.45) is -8.14. The fraction of sp³-hybridized carbons (Fsp3) is 0.750.